The Bertz CT molecular complexity index is 444. The SMILES string of the molecule is CCOC(=O)c1ccc(CC(=O)CBr)cc1CBr. The number of hydrogen-bond acceptors (Lipinski definition) is 3. The molecule has 0 radical (unpaired) electrons. The molecule has 0 bridgehead atoms. The summed E-state index contributed by atoms with van der Waals surface area (Å²) in [7, 11) is 0. The maximum Gasteiger partial charge on any atom is 0.338 e. The van der Waals surface area contributed by atoms with Crippen LogP contribution in [0.25, 0.3) is 0 Å². The number of halogens is 2. The minimum absolute atomic E-state index is 0.111. The third-order valence-electron chi connectivity index (χ3n) is 2.36. The number of carbonyl (C=O) groups is 2. The molecule has 0 aliphatic carbocycles. The van der Waals surface area contributed by atoms with Gasteiger partial charge in [-0.2, -0.15) is 0 Å². The third-order valence-corrected chi connectivity index (χ3v) is 3.59. The Kier molecular flexibility index (Phi) is 6.57. The van der Waals surface area contributed by atoms with Crippen molar-refractivity contribution >= 4 is 43.6 Å². The van der Waals surface area contributed by atoms with E-state index in [0.717, 1.165) is 11.1 Å². The van der Waals surface area contributed by atoms with Gasteiger partial charge >= 0.3 is 5.97 Å². The van der Waals surface area contributed by atoms with Crippen molar-refractivity contribution in [2.45, 2.75) is 18.7 Å². The molecule has 98 valence electrons. The first kappa shape index (κ1) is 15.4. The number of hydrogen-bond donors (Lipinski definition) is 0. The van der Waals surface area contributed by atoms with Gasteiger partial charge < -0.3 is 4.74 Å². The summed E-state index contributed by atoms with van der Waals surface area (Å²) >= 11 is 6.48. The van der Waals surface area contributed by atoms with E-state index in [9.17, 15) is 9.59 Å². The normalized spacial score (nSPS) is 10.2. The number of benzene rings is 1. The molecule has 0 aromatic heterocycles. The molecular weight excluding hydrogens is 364 g/mol. The topological polar surface area (TPSA) is 43.4 Å². The molecule has 0 amide bonds. The van der Waals surface area contributed by atoms with Gasteiger partial charge in [0.2, 0.25) is 0 Å². The lowest BCUT2D eigenvalue weighted by Crippen LogP contribution is -2.09. The Hall–Kier alpha value is -0.680. The van der Waals surface area contributed by atoms with Crippen LogP contribution in [0.2, 0.25) is 0 Å². The van der Waals surface area contributed by atoms with Gasteiger partial charge in [0.25, 0.3) is 0 Å². The van der Waals surface area contributed by atoms with E-state index in [2.05, 4.69) is 31.9 Å². The summed E-state index contributed by atoms with van der Waals surface area (Å²) in [5.74, 6) is -0.218. The van der Waals surface area contributed by atoms with Crippen molar-refractivity contribution in [3.63, 3.8) is 0 Å². The largest absolute Gasteiger partial charge is 0.462 e. The molecule has 0 heterocycles. The zero-order chi connectivity index (χ0) is 13.5. The van der Waals surface area contributed by atoms with Crippen LogP contribution in [0.1, 0.15) is 28.4 Å². The summed E-state index contributed by atoms with van der Waals surface area (Å²) in [5, 5.41) is 0.897. The van der Waals surface area contributed by atoms with Crippen LogP contribution < -0.4 is 0 Å². The van der Waals surface area contributed by atoms with Gasteiger partial charge in [-0.3, -0.25) is 4.79 Å². The highest BCUT2D eigenvalue weighted by atomic mass is 79.9. The van der Waals surface area contributed by atoms with Crippen LogP contribution in [0.5, 0.6) is 0 Å². The lowest BCUT2D eigenvalue weighted by molar-refractivity contribution is -0.115. The van der Waals surface area contributed by atoms with Gasteiger partial charge in [-0.25, -0.2) is 4.79 Å². The van der Waals surface area contributed by atoms with Crippen molar-refractivity contribution in [1.82, 2.24) is 0 Å². The number of rotatable bonds is 6. The summed E-state index contributed by atoms with van der Waals surface area (Å²) < 4.78 is 4.98. The van der Waals surface area contributed by atoms with Crippen LogP contribution in [-0.2, 0) is 21.3 Å². The number of alkyl halides is 2. The molecule has 3 nitrogen and oxygen atoms in total. The second kappa shape index (κ2) is 7.69. The highest BCUT2D eigenvalue weighted by Gasteiger charge is 2.13. The molecule has 1 aromatic carbocycles. The summed E-state index contributed by atoms with van der Waals surface area (Å²) in [6, 6.07) is 5.37. The summed E-state index contributed by atoms with van der Waals surface area (Å²) in [6.45, 7) is 2.12. The lowest BCUT2D eigenvalue weighted by atomic mass is 10.0. The van der Waals surface area contributed by atoms with E-state index >= 15 is 0 Å². The molecule has 18 heavy (non-hydrogen) atoms. The van der Waals surface area contributed by atoms with Crippen LogP contribution >= 0.6 is 31.9 Å². The number of ketones is 1. The van der Waals surface area contributed by atoms with E-state index in [1.54, 1.807) is 19.1 Å². The minimum atomic E-state index is -0.328. The quantitative estimate of drug-likeness (QED) is 0.564. The first-order chi connectivity index (χ1) is 8.62. The Balaban J connectivity index is 2.96. The van der Waals surface area contributed by atoms with Crippen molar-refractivity contribution in [3.8, 4) is 0 Å². The monoisotopic (exact) mass is 376 g/mol. The molecule has 0 saturated carbocycles. The second-order valence-electron chi connectivity index (χ2n) is 3.69. The minimum Gasteiger partial charge on any atom is -0.462 e. The van der Waals surface area contributed by atoms with Crippen LogP contribution in [0.3, 0.4) is 0 Å². The average Bonchev–Trinajstić information content (AvgIpc) is 2.38. The maximum atomic E-state index is 11.7. The van der Waals surface area contributed by atoms with E-state index in [1.165, 1.54) is 0 Å². The van der Waals surface area contributed by atoms with Gasteiger partial charge in [0.1, 0.15) is 5.78 Å². The number of ether oxygens (including phenoxy) is 1. The van der Waals surface area contributed by atoms with Gasteiger partial charge in [0.05, 0.1) is 17.5 Å². The molecule has 0 aliphatic heterocycles. The molecule has 0 unspecified atom stereocenters. The van der Waals surface area contributed by atoms with Gasteiger partial charge in [-0.1, -0.05) is 44.0 Å². The molecule has 1 aromatic rings. The first-order valence-electron chi connectivity index (χ1n) is 5.54. The standard InChI is InChI=1S/C13H14Br2O3/c1-2-18-13(17)12-4-3-9(5-10(12)7-14)6-11(16)8-15/h3-5H,2,6-8H2,1H3. The summed E-state index contributed by atoms with van der Waals surface area (Å²) in [6.07, 6.45) is 0.369. The highest BCUT2D eigenvalue weighted by Crippen LogP contribution is 2.17. The van der Waals surface area contributed by atoms with Crippen molar-refractivity contribution in [2.75, 3.05) is 11.9 Å². The van der Waals surface area contributed by atoms with E-state index < -0.39 is 0 Å². The lowest BCUT2D eigenvalue weighted by Gasteiger charge is -2.08. The van der Waals surface area contributed by atoms with Gasteiger partial charge in [-0.05, 0) is 24.1 Å². The Morgan fingerprint density at radius 1 is 1.28 bits per heavy atom. The third kappa shape index (κ3) is 4.21. The molecule has 0 aliphatic rings. The van der Waals surface area contributed by atoms with Crippen molar-refractivity contribution in [3.05, 3.63) is 34.9 Å². The number of esters is 1. The predicted octanol–water partition coefficient (Wildman–Crippen LogP) is 3.26. The fourth-order valence-corrected chi connectivity index (χ4v) is 2.21. The van der Waals surface area contributed by atoms with E-state index in [4.69, 9.17) is 4.74 Å². The molecule has 0 spiro atoms. The van der Waals surface area contributed by atoms with Crippen molar-refractivity contribution in [2.24, 2.45) is 0 Å². The zero-order valence-electron chi connectivity index (χ0n) is 10.0. The first-order valence-corrected chi connectivity index (χ1v) is 7.79. The van der Waals surface area contributed by atoms with E-state index in [-0.39, 0.29) is 11.8 Å². The summed E-state index contributed by atoms with van der Waals surface area (Å²) in [4.78, 5) is 23.0. The van der Waals surface area contributed by atoms with Crippen molar-refractivity contribution < 1.29 is 14.3 Å². The number of carbonyl (C=O) groups excluding carboxylic acids is 2. The van der Waals surface area contributed by atoms with Crippen LogP contribution in [-0.4, -0.2) is 23.7 Å². The fraction of sp³-hybridized carbons (Fsp3) is 0.385. The Labute approximate surface area is 123 Å². The average molecular weight is 378 g/mol. The predicted molar refractivity (Wildman–Crippen MR) is 77.5 cm³/mol. The number of Topliss-reactive ketones (excluding diaryl/α,β-unsaturated/α-hetero) is 1. The molecule has 0 atom stereocenters. The molecule has 0 fully saturated rings. The molecular formula is C13H14Br2O3. The van der Waals surface area contributed by atoms with Crippen LogP contribution in [0, 0.1) is 0 Å². The zero-order valence-corrected chi connectivity index (χ0v) is 13.2. The fourth-order valence-electron chi connectivity index (χ4n) is 1.55. The molecule has 1 rings (SSSR count). The van der Waals surface area contributed by atoms with Crippen LogP contribution in [0.4, 0.5) is 0 Å². The molecule has 5 heteroatoms. The van der Waals surface area contributed by atoms with Gasteiger partial charge in [0.15, 0.2) is 0 Å². The van der Waals surface area contributed by atoms with Crippen LogP contribution in [0.15, 0.2) is 18.2 Å². The van der Waals surface area contributed by atoms with E-state index in [1.807, 2.05) is 6.07 Å². The van der Waals surface area contributed by atoms with Gasteiger partial charge in [-0.15, -0.1) is 0 Å². The smallest absolute Gasteiger partial charge is 0.338 e. The van der Waals surface area contributed by atoms with Gasteiger partial charge in [0, 0.05) is 11.8 Å². The Morgan fingerprint density at radius 2 is 2.00 bits per heavy atom. The molecule has 0 N–H and O–H groups in total. The second-order valence-corrected chi connectivity index (χ2v) is 4.82. The highest BCUT2D eigenvalue weighted by molar-refractivity contribution is 9.09. The van der Waals surface area contributed by atoms with E-state index in [0.29, 0.717) is 29.3 Å². The van der Waals surface area contributed by atoms with Crippen molar-refractivity contribution in [1.29, 1.82) is 0 Å². The Morgan fingerprint density at radius 3 is 2.56 bits per heavy atom. The maximum absolute atomic E-state index is 11.7. The summed E-state index contributed by atoms with van der Waals surface area (Å²) in [5.41, 5.74) is 2.29. The molecule has 0 saturated heterocycles.